The van der Waals surface area contributed by atoms with Gasteiger partial charge in [0.2, 0.25) is 6.10 Å². The average Bonchev–Trinajstić information content (AvgIpc) is 2.32. The van der Waals surface area contributed by atoms with Crippen molar-refractivity contribution in [3.63, 3.8) is 0 Å². The number of carboxylic acid groups (broad SMARTS) is 1. The van der Waals surface area contributed by atoms with E-state index in [0.29, 0.717) is 0 Å². The molecule has 0 spiro atoms. The van der Waals surface area contributed by atoms with Gasteiger partial charge in [0.05, 0.1) is 6.42 Å². The van der Waals surface area contributed by atoms with E-state index in [1.165, 1.54) is 6.92 Å². The molecular weight excluding hydrogens is 336 g/mol. The largest absolute Gasteiger partial charge is 0.509 e. The number of rotatable bonds is 6. The molecule has 144 valence electrons. The van der Waals surface area contributed by atoms with Gasteiger partial charge in [-0.2, -0.15) is 0 Å². The van der Waals surface area contributed by atoms with Crippen LogP contribution in [0.4, 0.5) is 4.79 Å². The fourth-order valence-electron chi connectivity index (χ4n) is 1.40. The fraction of sp³-hybridized carbons (Fsp3) is 0.750. The molecule has 9 nitrogen and oxygen atoms in total. The Labute approximate surface area is 146 Å². The number of esters is 2. The van der Waals surface area contributed by atoms with Gasteiger partial charge in [-0.25, -0.2) is 14.4 Å². The smallest absolute Gasteiger partial charge is 0.481 e. The van der Waals surface area contributed by atoms with Crippen molar-refractivity contribution < 1.29 is 43.2 Å². The van der Waals surface area contributed by atoms with Crippen LogP contribution in [0, 0.1) is 0 Å². The number of hydrogen-bond acceptors (Lipinski definition) is 8. The maximum atomic E-state index is 12.0. The molecule has 0 amide bonds. The average molecular weight is 362 g/mol. The van der Waals surface area contributed by atoms with E-state index in [4.69, 9.17) is 24.1 Å². The predicted molar refractivity (Wildman–Crippen MR) is 84.8 cm³/mol. The van der Waals surface area contributed by atoms with Crippen LogP contribution in [0.3, 0.4) is 0 Å². The topological polar surface area (TPSA) is 125 Å². The quantitative estimate of drug-likeness (QED) is 0.558. The number of carbonyl (C=O) groups is 4. The van der Waals surface area contributed by atoms with Crippen LogP contribution >= 0.6 is 0 Å². The van der Waals surface area contributed by atoms with Gasteiger partial charge in [0, 0.05) is 0 Å². The lowest BCUT2D eigenvalue weighted by Crippen LogP contribution is -2.39. The number of aliphatic carboxylic acids is 1. The molecule has 0 fully saturated rings. The van der Waals surface area contributed by atoms with Gasteiger partial charge in [-0.05, 0) is 48.5 Å². The van der Waals surface area contributed by atoms with Crippen molar-refractivity contribution in [3.05, 3.63) is 0 Å². The third-order valence-electron chi connectivity index (χ3n) is 2.28. The van der Waals surface area contributed by atoms with Crippen molar-refractivity contribution in [2.24, 2.45) is 0 Å². The van der Waals surface area contributed by atoms with E-state index >= 15 is 0 Å². The minimum atomic E-state index is -1.75. The lowest BCUT2D eigenvalue weighted by Gasteiger charge is -2.24. The van der Waals surface area contributed by atoms with E-state index in [9.17, 15) is 19.2 Å². The van der Waals surface area contributed by atoms with Gasteiger partial charge in [-0.1, -0.05) is 0 Å². The van der Waals surface area contributed by atoms with Crippen molar-refractivity contribution in [1.29, 1.82) is 0 Å². The highest BCUT2D eigenvalue weighted by atomic mass is 16.7. The Balaban J connectivity index is 4.92. The SMILES string of the molecule is C[C@H](OC(=O)[C@H](CC(=O)O)OC(=O)OC(C)(C)C)C(=O)OC(C)(C)C. The van der Waals surface area contributed by atoms with Crippen LogP contribution in [0.25, 0.3) is 0 Å². The van der Waals surface area contributed by atoms with Gasteiger partial charge >= 0.3 is 24.1 Å². The molecule has 0 heterocycles. The Morgan fingerprint density at radius 1 is 0.840 bits per heavy atom. The fourth-order valence-corrected chi connectivity index (χ4v) is 1.40. The molecule has 0 bridgehead atoms. The molecular formula is C16H26O9. The van der Waals surface area contributed by atoms with E-state index in [-0.39, 0.29) is 0 Å². The molecule has 0 saturated carbocycles. The summed E-state index contributed by atoms with van der Waals surface area (Å²) >= 11 is 0. The zero-order valence-electron chi connectivity index (χ0n) is 15.6. The van der Waals surface area contributed by atoms with Crippen molar-refractivity contribution in [2.45, 2.75) is 78.3 Å². The predicted octanol–water partition coefficient (Wildman–Crippen LogP) is 2.05. The summed E-state index contributed by atoms with van der Waals surface area (Å²) in [6.07, 6.45) is -5.11. The Bertz CT molecular complexity index is 511. The van der Waals surface area contributed by atoms with Crippen LogP contribution in [0.5, 0.6) is 0 Å². The van der Waals surface area contributed by atoms with Gasteiger partial charge in [-0.3, -0.25) is 4.79 Å². The first-order chi connectivity index (χ1) is 11.1. The molecule has 0 aromatic heterocycles. The molecule has 0 aliphatic heterocycles. The van der Waals surface area contributed by atoms with Crippen molar-refractivity contribution >= 4 is 24.1 Å². The first-order valence-electron chi connectivity index (χ1n) is 7.65. The highest BCUT2D eigenvalue weighted by molar-refractivity contribution is 5.85. The summed E-state index contributed by atoms with van der Waals surface area (Å²) in [6, 6.07) is 0. The zero-order chi connectivity index (χ0) is 20.0. The summed E-state index contributed by atoms with van der Waals surface area (Å²) in [4.78, 5) is 46.3. The minimum Gasteiger partial charge on any atom is -0.481 e. The molecule has 0 radical (unpaired) electrons. The molecule has 9 heteroatoms. The van der Waals surface area contributed by atoms with Gasteiger partial charge < -0.3 is 24.1 Å². The number of carbonyl (C=O) groups excluding carboxylic acids is 3. The van der Waals surface area contributed by atoms with Gasteiger partial charge in [0.15, 0.2) is 6.10 Å². The monoisotopic (exact) mass is 362 g/mol. The van der Waals surface area contributed by atoms with E-state index < -0.39 is 53.9 Å². The normalized spacial score (nSPS) is 14.0. The summed E-state index contributed by atoms with van der Waals surface area (Å²) < 4.78 is 19.5. The first kappa shape index (κ1) is 22.7. The molecule has 0 aromatic rings. The summed E-state index contributed by atoms with van der Waals surface area (Å²) in [5.74, 6) is -3.39. The Hall–Kier alpha value is -2.32. The third-order valence-corrected chi connectivity index (χ3v) is 2.28. The van der Waals surface area contributed by atoms with Crippen LogP contribution in [0.1, 0.15) is 54.9 Å². The van der Waals surface area contributed by atoms with Crippen LogP contribution in [0.15, 0.2) is 0 Å². The molecule has 0 rings (SSSR count). The zero-order valence-corrected chi connectivity index (χ0v) is 15.6. The van der Waals surface area contributed by atoms with Crippen LogP contribution in [-0.2, 0) is 33.3 Å². The van der Waals surface area contributed by atoms with Crippen LogP contribution in [-0.4, -0.2) is 52.6 Å². The second-order valence-corrected chi connectivity index (χ2v) is 7.28. The second kappa shape index (κ2) is 8.68. The van der Waals surface area contributed by atoms with Crippen molar-refractivity contribution in [3.8, 4) is 0 Å². The maximum absolute atomic E-state index is 12.0. The standard InChI is InChI=1S/C16H26O9/c1-9(12(19)24-15(2,3)4)22-13(20)10(8-11(17)18)23-14(21)25-16(5,6)7/h9-10H,8H2,1-7H3,(H,17,18)/t9-,10-/m0/s1. The molecule has 25 heavy (non-hydrogen) atoms. The van der Waals surface area contributed by atoms with E-state index in [1.807, 2.05) is 0 Å². The second-order valence-electron chi connectivity index (χ2n) is 7.28. The summed E-state index contributed by atoms with van der Waals surface area (Å²) in [7, 11) is 0. The van der Waals surface area contributed by atoms with Gasteiger partial charge in [0.25, 0.3) is 0 Å². The molecule has 2 atom stereocenters. The maximum Gasteiger partial charge on any atom is 0.509 e. The first-order valence-corrected chi connectivity index (χ1v) is 7.65. The number of hydrogen-bond donors (Lipinski definition) is 1. The lowest BCUT2D eigenvalue weighted by atomic mass is 10.2. The molecule has 0 aliphatic carbocycles. The van der Waals surface area contributed by atoms with Crippen LogP contribution < -0.4 is 0 Å². The van der Waals surface area contributed by atoms with E-state index in [1.54, 1.807) is 41.5 Å². The summed E-state index contributed by atoms with van der Waals surface area (Å²) in [5, 5.41) is 8.84. The molecule has 1 N–H and O–H groups in total. The van der Waals surface area contributed by atoms with Crippen LogP contribution in [0.2, 0.25) is 0 Å². The Kier molecular flexibility index (Phi) is 7.88. The molecule has 0 aliphatic rings. The number of carboxylic acids is 1. The number of ether oxygens (including phenoxy) is 4. The highest BCUT2D eigenvalue weighted by Gasteiger charge is 2.33. The Morgan fingerprint density at radius 3 is 1.72 bits per heavy atom. The molecule has 0 saturated heterocycles. The summed E-state index contributed by atoms with van der Waals surface area (Å²) in [5.41, 5.74) is -1.68. The van der Waals surface area contributed by atoms with Gasteiger partial charge in [-0.15, -0.1) is 0 Å². The summed E-state index contributed by atoms with van der Waals surface area (Å²) in [6.45, 7) is 10.9. The lowest BCUT2D eigenvalue weighted by molar-refractivity contribution is -0.180. The molecule has 0 aromatic carbocycles. The van der Waals surface area contributed by atoms with Crippen molar-refractivity contribution in [1.82, 2.24) is 0 Å². The third kappa shape index (κ3) is 11.0. The highest BCUT2D eigenvalue weighted by Crippen LogP contribution is 2.14. The van der Waals surface area contributed by atoms with E-state index in [0.717, 1.165) is 0 Å². The molecule has 0 unspecified atom stereocenters. The van der Waals surface area contributed by atoms with E-state index in [2.05, 4.69) is 0 Å². The Morgan fingerprint density at radius 2 is 1.32 bits per heavy atom. The minimum absolute atomic E-state index is 0.786. The van der Waals surface area contributed by atoms with Crippen molar-refractivity contribution in [2.75, 3.05) is 0 Å². The van der Waals surface area contributed by atoms with Gasteiger partial charge in [0.1, 0.15) is 11.2 Å².